The molecule has 1 fully saturated rings. The van der Waals surface area contributed by atoms with Crippen LogP contribution in [0.15, 0.2) is 0 Å². The summed E-state index contributed by atoms with van der Waals surface area (Å²) in [6.45, 7) is 2.72. The van der Waals surface area contributed by atoms with Gasteiger partial charge in [0.1, 0.15) is 0 Å². The summed E-state index contributed by atoms with van der Waals surface area (Å²) in [4.78, 5) is 0.579. The molecule has 0 aromatic rings. The molecule has 1 saturated heterocycles. The first-order valence-electron chi connectivity index (χ1n) is 4.39. The second-order valence-corrected chi connectivity index (χ2v) is 3.58. The molecule has 0 aliphatic carbocycles. The Balaban J connectivity index is 1.91. The van der Waals surface area contributed by atoms with E-state index in [4.69, 9.17) is 22.7 Å². The van der Waals surface area contributed by atoms with Crippen LogP contribution in [0.1, 0.15) is 19.3 Å². The van der Waals surface area contributed by atoms with E-state index in [0.717, 1.165) is 26.1 Å². The Morgan fingerprint density at radius 1 is 1.67 bits per heavy atom. The van der Waals surface area contributed by atoms with Crippen LogP contribution >= 0.6 is 12.2 Å². The van der Waals surface area contributed by atoms with Crippen LogP contribution in [0, 0.1) is 0 Å². The first-order chi connectivity index (χ1) is 5.79. The van der Waals surface area contributed by atoms with E-state index in [0.29, 0.717) is 11.1 Å². The average Bonchev–Trinajstić information content (AvgIpc) is 2.49. The molecule has 1 aliphatic rings. The first kappa shape index (κ1) is 9.89. The zero-order chi connectivity index (χ0) is 8.81. The zero-order valence-corrected chi connectivity index (χ0v) is 8.03. The Labute approximate surface area is 78.7 Å². The molecule has 0 amide bonds. The normalized spacial score (nSPS) is 22.8. The van der Waals surface area contributed by atoms with Crippen molar-refractivity contribution < 1.29 is 4.74 Å². The van der Waals surface area contributed by atoms with E-state index >= 15 is 0 Å². The summed E-state index contributed by atoms with van der Waals surface area (Å²) in [6, 6.07) is 0. The summed E-state index contributed by atoms with van der Waals surface area (Å²) in [5.74, 6) is 0. The summed E-state index contributed by atoms with van der Waals surface area (Å²) in [6.07, 6.45) is 3.57. The van der Waals surface area contributed by atoms with Crippen LogP contribution in [0.25, 0.3) is 0 Å². The van der Waals surface area contributed by atoms with Gasteiger partial charge in [0.2, 0.25) is 0 Å². The smallest absolute Gasteiger partial charge is 0.0740 e. The average molecular weight is 188 g/mol. The van der Waals surface area contributed by atoms with Gasteiger partial charge in [0.05, 0.1) is 11.1 Å². The molecule has 12 heavy (non-hydrogen) atoms. The Kier molecular flexibility index (Phi) is 4.50. The summed E-state index contributed by atoms with van der Waals surface area (Å²) in [7, 11) is 0. The third-order valence-corrected chi connectivity index (χ3v) is 2.15. The van der Waals surface area contributed by atoms with Gasteiger partial charge < -0.3 is 15.8 Å². The molecule has 0 aromatic heterocycles. The highest BCUT2D eigenvalue weighted by atomic mass is 32.1. The molecule has 0 saturated carbocycles. The van der Waals surface area contributed by atoms with Crippen molar-refractivity contribution in [3.05, 3.63) is 0 Å². The molecular formula is C8H16N2OS. The summed E-state index contributed by atoms with van der Waals surface area (Å²) >= 11 is 4.75. The van der Waals surface area contributed by atoms with E-state index in [2.05, 4.69) is 5.32 Å². The van der Waals surface area contributed by atoms with Gasteiger partial charge in [0, 0.05) is 26.1 Å². The number of thiocarbonyl (C=S) groups is 1. The maximum atomic E-state index is 5.43. The van der Waals surface area contributed by atoms with Gasteiger partial charge >= 0.3 is 0 Å². The summed E-state index contributed by atoms with van der Waals surface area (Å²) < 4.78 is 5.43. The zero-order valence-electron chi connectivity index (χ0n) is 7.21. The minimum atomic E-state index is 0.413. The van der Waals surface area contributed by atoms with E-state index in [1.807, 2.05) is 0 Å². The number of hydrogen-bond acceptors (Lipinski definition) is 3. The number of rotatable bonds is 5. The summed E-state index contributed by atoms with van der Waals surface area (Å²) in [5, 5.41) is 3.27. The van der Waals surface area contributed by atoms with Gasteiger partial charge in [-0.15, -0.1) is 0 Å². The monoisotopic (exact) mass is 188 g/mol. The van der Waals surface area contributed by atoms with Crippen LogP contribution in [0.3, 0.4) is 0 Å². The minimum absolute atomic E-state index is 0.413. The van der Waals surface area contributed by atoms with Crippen LogP contribution in [0.5, 0.6) is 0 Å². The lowest BCUT2D eigenvalue weighted by atomic mass is 10.2. The van der Waals surface area contributed by atoms with Crippen molar-refractivity contribution in [1.29, 1.82) is 0 Å². The fraction of sp³-hybridized carbons (Fsp3) is 0.875. The molecule has 0 bridgehead atoms. The highest BCUT2D eigenvalue weighted by Crippen LogP contribution is 2.10. The summed E-state index contributed by atoms with van der Waals surface area (Å²) in [5.41, 5.74) is 5.35. The number of nitrogens with two attached hydrogens (primary N) is 1. The van der Waals surface area contributed by atoms with Gasteiger partial charge in [-0.3, -0.25) is 0 Å². The lowest BCUT2D eigenvalue weighted by Gasteiger charge is -2.09. The van der Waals surface area contributed by atoms with Crippen molar-refractivity contribution in [3.63, 3.8) is 0 Å². The van der Waals surface area contributed by atoms with Gasteiger partial charge in [-0.25, -0.2) is 0 Å². The highest BCUT2D eigenvalue weighted by molar-refractivity contribution is 7.80. The SMILES string of the molecule is NC(=S)CCNCC1CCCO1. The largest absolute Gasteiger partial charge is 0.393 e. The van der Waals surface area contributed by atoms with Crippen molar-refractivity contribution in [1.82, 2.24) is 5.32 Å². The van der Waals surface area contributed by atoms with Crippen molar-refractivity contribution >= 4 is 17.2 Å². The number of ether oxygens (including phenoxy) is 1. The third-order valence-electron chi connectivity index (χ3n) is 1.94. The van der Waals surface area contributed by atoms with E-state index in [1.54, 1.807) is 0 Å². The van der Waals surface area contributed by atoms with Crippen molar-refractivity contribution in [2.75, 3.05) is 19.7 Å². The Hall–Kier alpha value is -0.190. The molecule has 4 heteroatoms. The number of hydrogen-bond donors (Lipinski definition) is 2. The molecule has 3 N–H and O–H groups in total. The third kappa shape index (κ3) is 3.99. The fourth-order valence-electron chi connectivity index (χ4n) is 1.28. The molecule has 1 unspecified atom stereocenters. The molecule has 70 valence electrons. The lowest BCUT2D eigenvalue weighted by molar-refractivity contribution is 0.110. The molecular weight excluding hydrogens is 172 g/mol. The van der Waals surface area contributed by atoms with Crippen molar-refractivity contribution in [2.24, 2.45) is 5.73 Å². The van der Waals surface area contributed by atoms with Gasteiger partial charge in [0.25, 0.3) is 0 Å². The Morgan fingerprint density at radius 2 is 2.50 bits per heavy atom. The van der Waals surface area contributed by atoms with E-state index < -0.39 is 0 Å². The standard InChI is InChI=1S/C8H16N2OS/c9-8(12)3-4-10-6-7-2-1-5-11-7/h7,10H,1-6H2,(H2,9,12). The molecule has 3 nitrogen and oxygen atoms in total. The van der Waals surface area contributed by atoms with Gasteiger partial charge in [-0.2, -0.15) is 0 Å². The Bertz CT molecular complexity index is 146. The predicted molar refractivity (Wildman–Crippen MR) is 53.2 cm³/mol. The van der Waals surface area contributed by atoms with Gasteiger partial charge in [0.15, 0.2) is 0 Å². The minimum Gasteiger partial charge on any atom is -0.393 e. The highest BCUT2D eigenvalue weighted by Gasteiger charge is 2.13. The molecule has 0 aromatic carbocycles. The molecule has 1 atom stereocenters. The van der Waals surface area contributed by atoms with Crippen LogP contribution in [0.4, 0.5) is 0 Å². The molecule has 0 spiro atoms. The van der Waals surface area contributed by atoms with Crippen molar-refractivity contribution in [2.45, 2.75) is 25.4 Å². The first-order valence-corrected chi connectivity index (χ1v) is 4.80. The van der Waals surface area contributed by atoms with E-state index in [-0.39, 0.29) is 0 Å². The topological polar surface area (TPSA) is 47.3 Å². The lowest BCUT2D eigenvalue weighted by Crippen LogP contribution is -2.28. The molecule has 1 heterocycles. The predicted octanol–water partition coefficient (Wildman–Crippen LogP) is 0.431. The Morgan fingerprint density at radius 3 is 3.08 bits per heavy atom. The van der Waals surface area contributed by atoms with Crippen LogP contribution < -0.4 is 11.1 Å². The molecule has 0 radical (unpaired) electrons. The van der Waals surface area contributed by atoms with E-state index in [1.165, 1.54) is 12.8 Å². The van der Waals surface area contributed by atoms with Crippen LogP contribution in [0.2, 0.25) is 0 Å². The fourth-order valence-corrected chi connectivity index (χ4v) is 1.38. The van der Waals surface area contributed by atoms with Gasteiger partial charge in [-0.05, 0) is 12.8 Å². The number of nitrogens with one attached hydrogen (secondary N) is 1. The second-order valence-electron chi connectivity index (χ2n) is 3.06. The molecule has 1 aliphatic heterocycles. The molecule has 1 rings (SSSR count). The van der Waals surface area contributed by atoms with E-state index in [9.17, 15) is 0 Å². The maximum Gasteiger partial charge on any atom is 0.0740 e. The van der Waals surface area contributed by atoms with Gasteiger partial charge in [-0.1, -0.05) is 12.2 Å². The second kappa shape index (κ2) is 5.45. The van der Waals surface area contributed by atoms with Crippen molar-refractivity contribution in [3.8, 4) is 0 Å². The van der Waals surface area contributed by atoms with Crippen LogP contribution in [-0.4, -0.2) is 30.8 Å². The maximum absolute atomic E-state index is 5.43. The quantitative estimate of drug-likeness (QED) is 0.485. The van der Waals surface area contributed by atoms with Crippen LogP contribution in [-0.2, 0) is 4.74 Å².